The van der Waals surface area contributed by atoms with E-state index in [4.69, 9.17) is 0 Å². The first-order valence-corrected chi connectivity index (χ1v) is 11.5. The van der Waals surface area contributed by atoms with Crippen LogP contribution in [0.25, 0.3) is 10.9 Å². The van der Waals surface area contributed by atoms with E-state index in [0.717, 1.165) is 41.1 Å². The summed E-state index contributed by atoms with van der Waals surface area (Å²) in [6.07, 6.45) is 7.57. The zero-order chi connectivity index (χ0) is 20.8. The molecule has 1 amide bonds. The van der Waals surface area contributed by atoms with E-state index in [0.29, 0.717) is 18.8 Å². The molecule has 30 heavy (non-hydrogen) atoms. The van der Waals surface area contributed by atoms with Crippen LogP contribution in [0.5, 0.6) is 0 Å². The van der Waals surface area contributed by atoms with Crippen LogP contribution in [0.2, 0.25) is 0 Å². The maximum absolute atomic E-state index is 13.1. The number of nitrogens with zero attached hydrogens (tertiary/aromatic N) is 3. The Bertz CT molecular complexity index is 983. The Morgan fingerprint density at radius 1 is 1.10 bits per heavy atom. The smallest absolute Gasteiger partial charge is 0.239 e. The molecule has 1 aliphatic heterocycles. The Labute approximate surface area is 180 Å². The number of amides is 1. The molecule has 158 valence electrons. The molecule has 0 atom stereocenters. The van der Waals surface area contributed by atoms with Gasteiger partial charge < -0.3 is 14.8 Å². The largest absolute Gasteiger partial charge is 0.353 e. The van der Waals surface area contributed by atoms with Gasteiger partial charge in [0.1, 0.15) is 17.4 Å². The first-order valence-electron chi connectivity index (χ1n) is 10.5. The number of hydrogen-bond donors (Lipinski definition) is 1. The molecule has 1 N–H and O–H groups in total. The van der Waals surface area contributed by atoms with E-state index < -0.39 is 0 Å². The van der Waals surface area contributed by atoms with Gasteiger partial charge in [-0.2, -0.15) is 0 Å². The van der Waals surface area contributed by atoms with E-state index >= 15 is 0 Å². The van der Waals surface area contributed by atoms with Gasteiger partial charge >= 0.3 is 0 Å². The van der Waals surface area contributed by atoms with Crippen molar-refractivity contribution < 1.29 is 9.18 Å². The Morgan fingerprint density at radius 2 is 1.90 bits per heavy atom. The predicted octanol–water partition coefficient (Wildman–Crippen LogP) is 4.07. The number of carbonyl (C=O) groups excluding carboxylic acids is 1. The minimum atomic E-state index is -0.227. The van der Waals surface area contributed by atoms with Gasteiger partial charge in [-0.3, -0.25) is 4.79 Å². The van der Waals surface area contributed by atoms with Crippen molar-refractivity contribution in [3.05, 3.63) is 60.2 Å². The standard InChI is InChI=1S/C23H27FN4OS/c24-19-6-4-18(5-7-19)17-30-23-20-9-14-28(21(20)8-10-26-23)16-22(29)25-11-15-27-12-2-1-3-13-27/h4-10,14H,1-3,11-13,15-17H2,(H,25,29). The normalized spacial score (nSPS) is 14.8. The highest BCUT2D eigenvalue weighted by Crippen LogP contribution is 2.29. The predicted molar refractivity (Wildman–Crippen MR) is 119 cm³/mol. The molecular weight excluding hydrogens is 399 g/mol. The minimum absolute atomic E-state index is 0.0295. The molecule has 4 rings (SSSR count). The van der Waals surface area contributed by atoms with E-state index in [-0.39, 0.29) is 11.7 Å². The van der Waals surface area contributed by atoms with Gasteiger partial charge in [0.15, 0.2) is 0 Å². The van der Waals surface area contributed by atoms with Gasteiger partial charge in [0.25, 0.3) is 0 Å². The van der Waals surface area contributed by atoms with Gasteiger partial charge in [-0.15, -0.1) is 11.8 Å². The van der Waals surface area contributed by atoms with E-state index in [9.17, 15) is 9.18 Å². The van der Waals surface area contributed by atoms with Crippen LogP contribution >= 0.6 is 11.8 Å². The number of fused-ring (bicyclic) bond motifs is 1. The monoisotopic (exact) mass is 426 g/mol. The Morgan fingerprint density at radius 3 is 2.70 bits per heavy atom. The van der Waals surface area contributed by atoms with Crippen LogP contribution in [0.15, 0.2) is 53.8 Å². The second-order valence-corrected chi connectivity index (χ2v) is 8.62. The zero-order valence-corrected chi connectivity index (χ0v) is 17.8. The molecule has 3 heterocycles. The highest BCUT2D eigenvalue weighted by atomic mass is 32.2. The van der Waals surface area contributed by atoms with Gasteiger partial charge in [0.2, 0.25) is 5.91 Å². The molecule has 1 saturated heterocycles. The molecule has 3 aromatic rings. The van der Waals surface area contributed by atoms with Crippen molar-refractivity contribution >= 4 is 28.6 Å². The number of hydrogen-bond acceptors (Lipinski definition) is 4. The molecule has 1 aliphatic rings. The van der Waals surface area contributed by atoms with Crippen molar-refractivity contribution in [3.63, 3.8) is 0 Å². The number of nitrogens with one attached hydrogen (secondary N) is 1. The third-order valence-electron chi connectivity index (χ3n) is 5.46. The highest BCUT2D eigenvalue weighted by Gasteiger charge is 2.12. The summed E-state index contributed by atoms with van der Waals surface area (Å²) in [7, 11) is 0. The van der Waals surface area contributed by atoms with Gasteiger partial charge in [-0.25, -0.2) is 9.37 Å². The third kappa shape index (κ3) is 5.40. The summed E-state index contributed by atoms with van der Waals surface area (Å²) >= 11 is 1.62. The van der Waals surface area contributed by atoms with E-state index in [2.05, 4.69) is 15.2 Å². The lowest BCUT2D eigenvalue weighted by Gasteiger charge is -2.26. The van der Waals surface area contributed by atoms with Gasteiger partial charge in [-0.05, 0) is 55.8 Å². The van der Waals surface area contributed by atoms with Crippen molar-refractivity contribution in [3.8, 4) is 0 Å². The lowest BCUT2D eigenvalue weighted by Crippen LogP contribution is -2.38. The molecule has 0 aliphatic carbocycles. The molecule has 0 radical (unpaired) electrons. The maximum Gasteiger partial charge on any atom is 0.239 e. The van der Waals surface area contributed by atoms with E-state index in [1.165, 1.54) is 31.4 Å². The number of piperidine rings is 1. The summed E-state index contributed by atoms with van der Waals surface area (Å²) in [5, 5.41) is 5.00. The molecule has 5 nitrogen and oxygen atoms in total. The van der Waals surface area contributed by atoms with Crippen LogP contribution in [-0.4, -0.2) is 46.5 Å². The quantitative estimate of drug-likeness (QED) is 0.552. The fraction of sp³-hybridized carbons (Fsp3) is 0.391. The number of likely N-dealkylation sites (tertiary alicyclic amines) is 1. The highest BCUT2D eigenvalue weighted by molar-refractivity contribution is 7.98. The number of carbonyl (C=O) groups is 1. The number of halogens is 1. The van der Waals surface area contributed by atoms with Crippen LogP contribution < -0.4 is 5.32 Å². The van der Waals surface area contributed by atoms with Crippen LogP contribution in [0.3, 0.4) is 0 Å². The van der Waals surface area contributed by atoms with Crippen molar-refractivity contribution in [1.29, 1.82) is 0 Å². The lowest BCUT2D eigenvalue weighted by atomic mass is 10.1. The number of benzene rings is 1. The Kier molecular flexibility index (Phi) is 7.02. The summed E-state index contributed by atoms with van der Waals surface area (Å²) < 4.78 is 15.0. The molecule has 7 heteroatoms. The summed E-state index contributed by atoms with van der Waals surface area (Å²) in [6, 6.07) is 10.5. The molecule has 0 bridgehead atoms. The zero-order valence-electron chi connectivity index (χ0n) is 17.0. The Balaban J connectivity index is 1.34. The molecule has 1 fully saturated rings. The van der Waals surface area contributed by atoms with Gasteiger partial charge in [0.05, 0.1) is 5.52 Å². The second kappa shape index (κ2) is 10.1. The molecule has 1 aromatic carbocycles. The van der Waals surface area contributed by atoms with Crippen molar-refractivity contribution in [1.82, 2.24) is 19.8 Å². The number of rotatable bonds is 8. The first kappa shape index (κ1) is 20.9. The SMILES string of the molecule is O=C(Cn1ccc2c(SCc3ccc(F)cc3)nccc21)NCCN1CCCCC1. The average Bonchev–Trinajstić information content (AvgIpc) is 3.17. The third-order valence-corrected chi connectivity index (χ3v) is 6.54. The lowest BCUT2D eigenvalue weighted by molar-refractivity contribution is -0.121. The summed E-state index contributed by atoms with van der Waals surface area (Å²) in [4.78, 5) is 19.3. The van der Waals surface area contributed by atoms with E-state index in [1.807, 2.05) is 22.9 Å². The minimum Gasteiger partial charge on any atom is -0.353 e. The maximum atomic E-state index is 13.1. The summed E-state index contributed by atoms with van der Waals surface area (Å²) in [5.74, 6) is 0.520. The molecular formula is C23H27FN4OS. The summed E-state index contributed by atoms with van der Waals surface area (Å²) in [6.45, 7) is 4.20. The molecule has 0 unspecified atom stereocenters. The molecule has 0 saturated carbocycles. The van der Waals surface area contributed by atoms with Crippen LogP contribution in [-0.2, 0) is 17.1 Å². The van der Waals surface area contributed by atoms with Crippen LogP contribution in [0.1, 0.15) is 24.8 Å². The number of aromatic nitrogens is 2. The fourth-order valence-electron chi connectivity index (χ4n) is 3.83. The van der Waals surface area contributed by atoms with E-state index in [1.54, 1.807) is 30.1 Å². The molecule has 2 aromatic heterocycles. The Hall–Kier alpha value is -2.38. The number of thioether (sulfide) groups is 1. The van der Waals surface area contributed by atoms with Crippen LogP contribution in [0, 0.1) is 5.82 Å². The van der Waals surface area contributed by atoms with Crippen LogP contribution in [0.4, 0.5) is 4.39 Å². The number of pyridine rings is 1. The fourth-order valence-corrected chi connectivity index (χ4v) is 4.79. The van der Waals surface area contributed by atoms with Crippen molar-refractivity contribution in [2.45, 2.75) is 36.6 Å². The van der Waals surface area contributed by atoms with Gasteiger partial charge in [-0.1, -0.05) is 18.6 Å². The van der Waals surface area contributed by atoms with Crippen molar-refractivity contribution in [2.75, 3.05) is 26.2 Å². The average molecular weight is 427 g/mol. The second-order valence-electron chi connectivity index (χ2n) is 7.66. The van der Waals surface area contributed by atoms with Crippen molar-refractivity contribution in [2.24, 2.45) is 0 Å². The first-order chi connectivity index (χ1) is 14.7. The summed E-state index contributed by atoms with van der Waals surface area (Å²) in [5.41, 5.74) is 2.05. The van der Waals surface area contributed by atoms with Gasteiger partial charge in [0, 0.05) is 36.6 Å². The molecule has 0 spiro atoms. The topological polar surface area (TPSA) is 50.2 Å².